The van der Waals surface area contributed by atoms with Gasteiger partial charge in [0.05, 0.1) is 0 Å². The van der Waals surface area contributed by atoms with Crippen molar-refractivity contribution in [1.29, 1.82) is 0 Å². The highest BCUT2D eigenvalue weighted by Crippen LogP contribution is 2.07. The van der Waals surface area contributed by atoms with Crippen molar-refractivity contribution in [3.05, 3.63) is 35.6 Å². The van der Waals surface area contributed by atoms with E-state index < -0.39 is 0 Å². The lowest BCUT2D eigenvalue weighted by Crippen LogP contribution is -2.39. The minimum Gasteiger partial charge on any atom is -0.329 e. The van der Waals surface area contributed by atoms with Crippen LogP contribution in [-0.2, 0) is 6.54 Å². The van der Waals surface area contributed by atoms with E-state index in [1.165, 1.54) is 6.07 Å². The van der Waals surface area contributed by atoms with Gasteiger partial charge in [-0.15, -0.1) is 0 Å². The molecular formula is C12H19FN2. The highest BCUT2D eigenvalue weighted by atomic mass is 19.1. The van der Waals surface area contributed by atoms with Gasteiger partial charge in [-0.25, -0.2) is 4.39 Å². The molecule has 0 aliphatic rings. The van der Waals surface area contributed by atoms with E-state index in [0.717, 1.165) is 0 Å². The molecule has 1 aromatic carbocycles. The van der Waals surface area contributed by atoms with Gasteiger partial charge in [-0.3, -0.25) is 0 Å². The Morgan fingerprint density at radius 2 is 2.00 bits per heavy atom. The van der Waals surface area contributed by atoms with Crippen molar-refractivity contribution in [1.82, 2.24) is 5.32 Å². The summed E-state index contributed by atoms with van der Waals surface area (Å²) in [6.45, 7) is 5.32. The maximum atomic E-state index is 13.3. The third kappa shape index (κ3) is 3.61. The third-order valence-electron chi connectivity index (χ3n) is 2.57. The van der Waals surface area contributed by atoms with E-state index in [2.05, 4.69) is 19.2 Å². The molecule has 0 heterocycles. The lowest BCUT2D eigenvalue weighted by atomic mass is 10.0. The first-order valence-electron chi connectivity index (χ1n) is 5.32. The minimum absolute atomic E-state index is 0.162. The van der Waals surface area contributed by atoms with Crippen molar-refractivity contribution in [3.63, 3.8) is 0 Å². The number of hydrogen-bond acceptors (Lipinski definition) is 2. The fourth-order valence-corrected chi connectivity index (χ4v) is 1.47. The molecule has 0 aromatic heterocycles. The summed E-state index contributed by atoms with van der Waals surface area (Å²) in [6, 6.07) is 7.04. The van der Waals surface area contributed by atoms with Crippen LogP contribution in [0.3, 0.4) is 0 Å². The summed E-state index contributed by atoms with van der Waals surface area (Å²) in [7, 11) is 0. The van der Waals surface area contributed by atoms with Crippen LogP contribution < -0.4 is 11.1 Å². The van der Waals surface area contributed by atoms with Crippen molar-refractivity contribution in [2.24, 2.45) is 11.7 Å². The average molecular weight is 210 g/mol. The summed E-state index contributed by atoms with van der Waals surface area (Å²) in [4.78, 5) is 0. The first-order chi connectivity index (χ1) is 7.15. The molecule has 0 aliphatic heterocycles. The lowest BCUT2D eigenvalue weighted by Gasteiger charge is -2.20. The molecule has 0 saturated carbocycles. The fraction of sp³-hybridized carbons (Fsp3) is 0.500. The highest BCUT2D eigenvalue weighted by Gasteiger charge is 2.10. The van der Waals surface area contributed by atoms with Gasteiger partial charge in [-0.05, 0) is 12.0 Å². The van der Waals surface area contributed by atoms with Crippen LogP contribution >= 0.6 is 0 Å². The summed E-state index contributed by atoms with van der Waals surface area (Å²) in [5.74, 6) is 0.298. The zero-order chi connectivity index (χ0) is 11.3. The second-order valence-corrected chi connectivity index (χ2v) is 4.06. The number of nitrogens with two attached hydrogens (primary N) is 1. The molecule has 15 heavy (non-hydrogen) atoms. The third-order valence-corrected chi connectivity index (χ3v) is 2.57. The van der Waals surface area contributed by atoms with E-state index >= 15 is 0 Å². The van der Waals surface area contributed by atoms with Crippen LogP contribution in [0.25, 0.3) is 0 Å². The van der Waals surface area contributed by atoms with Crippen LogP contribution in [0.2, 0.25) is 0 Å². The van der Waals surface area contributed by atoms with Gasteiger partial charge >= 0.3 is 0 Å². The molecule has 84 valence electrons. The molecular weight excluding hydrogens is 191 g/mol. The summed E-state index contributed by atoms with van der Waals surface area (Å²) < 4.78 is 13.3. The first-order valence-corrected chi connectivity index (χ1v) is 5.32. The van der Waals surface area contributed by atoms with Crippen LogP contribution in [-0.4, -0.2) is 12.6 Å². The molecule has 1 rings (SSSR count). The lowest BCUT2D eigenvalue weighted by molar-refractivity contribution is 0.401. The van der Waals surface area contributed by atoms with Crippen molar-refractivity contribution in [3.8, 4) is 0 Å². The van der Waals surface area contributed by atoms with Gasteiger partial charge < -0.3 is 11.1 Å². The topological polar surface area (TPSA) is 38.0 Å². The Hall–Kier alpha value is -0.930. The number of rotatable bonds is 5. The second-order valence-electron chi connectivity index (χ2n) is 4.06. The Kier molecular flexibility index (Phi) is 4.72. The van der Waals surface area contributed by atoms with Gasteiger partial charge in [-0.1, -0.05) is 32.0 Å². The predicted molar refractivity (Wildman–Crippen MR) is 60.9 cm³/mol. The summed E-state index contributed by atoms with van der Waals surface area (Å²) in [5, 5.41) is 3.26. The van der Waals surface area contributed by atoms with Crippen molar-refractivity contribution in [2.45, 2.75) is 26.4 Å². The van der Waals surface area contributed by atoms with Crippen LogP contribution in [0, 0.1) is 11.7 Å². The van der Waals surface area contributed by atoms with Crippen molar-refractivity contribution in [2.75, 3.05) is 6.54 Å². The molecule has 0 spiro atoms. The van der Waals surface area contributed by atoms with Gasteiger partial charge in [0.1, 0.15) is 5.82 Å². The molecule has 3 heteroatoms. The maximum absolute atomic E-state index is 13.3. The second kappa shape index (κ2) is 5.83. The zero-order valence-corrected chi connectivity index (χ0v) is 9.33. The Labute approximate surface area is 90.7 Å². The molecule has 0 radical (unpaired) electrons. The van der Waals surface area contributed by atoms with Gasteiger partial charge in [-0.2, -0.15) is 0 Å². The number of benzene rings is 1. The van der Waals surface area contributed by atoms with Crippen LogP contribution in [0.15, 0.2) is 24.3 Å². The monoisotopic (exact) mass is 210 g/mol. The number of halogens is 1. The zero-order valence-electron chi connectivity index (χ0n) is 9.33. The number of nitrogens with one attached hydrogen (secondary N) is 1. The molecule has 3 N–H and O–H groups in total. The Balaban J connectivity index is 2.53. The minimum atomic E-state index is -0.162. The molecule has 0 amide bonds. The van der Waals surface area contributed by atoms with E-state index in [0.29, 0.717) is 24.6 Å². The highest BCUT2D eigenvalue weighted by molar-refractivity contribution is 5.17. The first kappa shape index (κ1) is 12.1. The number of hydrogen-bond donors (Lipinski definition) is 2. The average Bonchev–Trinajstić information content (AvgIpc) is 2.21. The summed E-state index contributed by atoms with van der Waals surface area (Å²) in [6.07, 6.45) is 0. The standard InChI is InChI=1S/C12H19FN2/c1-9(2)12(7-14)15-8-10-5-3-4-6-11(10)13/h3-6,9,12,15H,7-8,14H2,1-2H3. The van der Waals surface area contributed by atoms with E-state index in [9.17, 15) is 4.39 Å². The Bertz CT molecular complexity index is 299. The van der Waals surface area contributed by atoms with Crippen LogP contribution in [0.5, 0.6) is 0 Å². The van der Waals surface area contributed by atoms with E-state index in [-0.39, 0.29) is 11.9 Å². The Morgan fingerprint density at radius 3 is 2.53 bits per heavy atom. The maximum Gasteiger partial charge on any atom is 0.127 e. The van der Waals surface area contributed by atoms with Gasteiger partial charge in [0.25, 0.3) is 0 Å². The summed E-state index contributed by atoms with van der Waals surface area (Å²) in [5.41, 5.74) is 6.31. The molecule has 1 aromatic rings. The van der Waals surface area contributed by atoms with Gasteiger partial charge in [0.15, 0.2) is 0 Å². The van der Waals surface area contributed by atoms with Gasteiger partial charge in [0, 0.05) is 24.7 Å². The molecule has 1 atom stereocenters. The quantitative estimate of drug-likeness (QED) is 0.779. The van der Waals surface area contributed by atoms with Crippen molar-refractivity contribution < 1.29 is 4.39 Å². The molecule has 1 unspecified atom stereocenters. The molecule has 0 aliphatic carbocycles. The van der Waals surface area contributed by atoms with E-state index in [1.54, 1.807) is 12.1 Å². The smallest absolute Gasteiger partial charge is 0.127 e. The molecule has 0 saturated heterocycles. The molecule has 0 fully saturated rings. The molecule has 0 bridgehead atoms. The van der Waals surface area contributed by atoms with Crippen LogP contribution in [0.1, 0.15) is 19.4 Å². The summed E-state index contributed by atoms with van der Waals surface area (Å²) >= 11 is 0. The van der Waals surface area contributed by atoms with Crippen molar-refractivity contribution >= 4 is 0 Å². The van der Waals surface area contributed by atoms with E-state index in [1.807, 2.05) is 6.07 Å². The fourth-order valence-electron chi connectivity index (χ4n) is 1.47. The predicted octanol–water partition coefficient (Wildman–Crippen LogP) is 1.90. The SMILES string of the molecule is CC(C)C(CN)NCc1ccccc1F. The largest absolute Gasteiger partial charge is 0.329 e. The normalized spacial score (nSPS) is 13.1. The van der Waals surface area contributed by atoms with Crippen LogP contribution in [0.4, 0.5) is 4.39 Å². The van der Waals surface area contributed by atoms with E-state index in [4.69, 9.17) is 5.73 Å². The molecule has 2 nitrogen and oxygen atoms in total. The Morgan fingerprint density at radius 1 is 1.33 bits per heavy atom. The van der Waals surface area contributed by atoms with Gasteiger partial charge in [0.2, 0.25) is 0 Å².